The first-order valence-electron chi connectivity index (χ1n) is 9.84. The minimum atomic E-state index is -4.61. The standard InChI is InChI=1S/C21H19ClF3IN4O4S/c1-26-17-10-13(20-28-12-34-29-20)2-3-14(17)11-30(18(19(27)31)8-9-21(23,24)25)35(32,33)16-6-4-15(22)5-7-16/h2-7,10,12,18H,1,8-9,11H2,(H2,27,31)/t18-/m1/s1. The molecule has 0 radical (unpaired) electrons. The molecule has 1 atom stereocenters. The van der Waals surface area contributed by atoms with Crippen LogP contribution >= 0.6 is 32.3 Å². The summed E-state index contributed by atoms with van der Waals surface area (Å²) in [6, 6.07) is 8.25. The van der Waals surface area contributed by atoms with Gasteiger partial charge in [0.05, 0.1) is 4.90 Å². The number of sulfonamides is 1. The summed E-state index contributed by atoms with van der Waals surface area (Å²) in [5.74, 6) is -0.887. The lowest BCUT2D eigenvalue weighted by Crippen LogP contribution is -2.48. The monoisotopic (exact) mass is 642 g/mol. The number of amides is 1. The van der Waals surface area contributed by atoms with Gasteiger partial charge in [0, 0.05) is 27.1 Å². The van der Waals surface area contributed by atoms with Gasteiger partial charge in [-0.25, -0.2) is 8.42 Å². The highest BCUT2D eigenvalue weighted by Gasteiger charge is 2.38. The van der Waals surface area contributed by atoms with Gasteiger partial charge in [-0.05, 0) is 42.3 Å². The van der Waals surface area contributed by atoms with Crippen molar-refractivity contribution in [3.63, 3.8) is 0 Å². The van der Waals surface area contributed by atoms with E-state index in [0.717, 1.165) is 6.39 Å². The van der Waals surface area contributed by atoms with Crippen LogP contribution in [0, 0.1) is 3.57 Å². The van der Waals surface area contributed by atoms with Crippen molar-refractivity contribution in [2.24, 2.45) is 5.73 Å². The number of nitrogens with zero attached hydrogens (tertiary/aromatic N) is 3. The highest BCUT2D eigenvalue weighted by molar-refractivity contribution is 14.2. The zero-order valence-corrected chi connectivity index (χ0v) is 21.6. The lowest BCUT2D eigenvalue weighted by atomic mass is 10.1. The van der Waals surface area contributed by atoms with E-state index in [-0.39, 0.29) is 9.92 Å². The third-order valence-electron chi connectivity index (χ3n) is 4.94. The van der Waals surface area contributed by atoms with Gasteiger partial charge in [0.1, 0.15) is 6.04 Å². The maximum atomic E-state index is 13.5. The third-order valence-corrected chi connectivity index (χ3v) is 8.89. The first-order valence-corrected chi connectivity index (χ1v) is 14.3. The van der Waals surface area contributed by atoms with Gasteiger partial charge in [-0.1, -0.05) is 54.1 Å². The second-order valence-corrected chi connectivity index (χ2v) is 11.5. The number of primary amides is 1. The average molecular weight is 643 g/mol. The summed E-state index contributed by atoms with van der Waals surface area (Å²) < 4.78 is 76.1. The average Bonchev–Trinajstić information content (AvgIpc) is 3.33. The molecule has 0 bridgehead atoms. The van der Waals surface area contributed by atoms with E-state index < -0.39 is 68.3 Å². The first kappa shape index (κ1) is 27.2. The minimum Gasteiger partial charge on any atom is -0.368 e. The molecule has 2 aromatic carbocycles. The molecule has 14 heteroatoms. The molecular weight excluding hydrogens is 624 g/mol. The van der Waals surface area contributed by atoms with Gasteiger partial charge in [0.2, 0.25) is 28.1 Å². The van der Waals surface area contributed by atoms with Gasteiger partial charge in [-0.3, -0.25) is 4.79 Å². The number of carbonyl (C=O) groups is 1. The summed E-state index contributed by atoms with van der Waals surface area (Å²) in [7, 11) is -4.45. The van der Waals surface area contributed by atoms with Crippen LogP contribution in [0.2, 0.25) is 5.02 Å². The lowest BCUT2D eigenvalue weighted by Gasteiger charge is -2.30. The fourth-order valence-corrected chi connectivity index (χ4v) is 6.36. The number of rotatable bonds is 10. The number of carbonyl (C=O) groups excluding carboxylic acids is 1. The summed E-state index contributed by atoms with van der Waals surface area (Å²) in [4.78, 5) is 16.0. The highest BCUT2D eigenvalue weighted by atomic mass is 127. The van der Waals surface area contributed by atoms with E-state index in [1.807, 2.05) is 0 Å². The summed E-state index contributed by atoms with van der Waals surface area (Å²) in [5.41, 5.74) is 6.47. The molecule has 0 aliphatic carbocycles. The van der Waals surface area contributed by atoms with Crippen molar-refractivity contribution >= 4 is 52.8 Å². The molecule has 0 saturated carbocycles. The van der Waals surface area contributed by atoms with Crippen LogP contribution in [0.5, 0.6) is 0 Å². The van der Waals surface area contributed by atoms with Crippen molar-refractivity contribution in [1.82, 2.24) is 14.4 Å². The Bertz CT molecular complexity index is 1300. The molecule has 0 aliphatic heterocycles. The summed E-state index contributed by atoms with van der Waals surface area (Å²) in [6.07, 6.45) is -5.68. The number of hydrogen-bond acceptors (Lipinski definition) is 6. The van der Waals surface area contributed by atoms with Crippen LogP contribution in [-0.2, 0) is 21.4 Å². The Morgan fingerprint density at radius 2 is 1.91 bits per heavy atom. The second kappa shape index (κ2) is 11.1. The van der Waals surface area contributed by atoms with Crippen LogP contribution in [0.15, 0.2) is 58.3 Å². The molecule has 0 aliphatic rings. The predicted octanol–water partition coefficient (Wildman–Crippen LogP) is 4.35. The molecule has 0 fully saturated rings. The fraction of sp³-hybridized carbons (Fsp3) is 0.238. The maximum absolute atomic E-state index is 13.5. The van der Waals surface area contributed by atoms with Crippen molar-refractivity contribution in [2.45, 2.75) is 36.5 Å². The Labute approximate surface area is 214 Å². The molecule has 2 N–H and O–H groups in total. The Hall–Kier alpha value is -2.36. The Morgan fingerprint density at radius 1 is 1.23 bits per heavy atom. The first-order chi connectivity index (χ1) is 16.4. The van der Waals surface area contributed by atoms with Crippen molar-refractivity contribution in [3.05, 3.63) is 63.0 Å². The quantitative estimate of drug-likeness (QED) is 0.329. The minimum absolute atomic E-state index is 0.241. The smallest absolute Gasteiger partial charge is 0.368 e. The van der Waals surface area contributed by atoms with Gasteiger partial charge < -0.3 is 10.3 Å². The Balaban J connectivity index is 2.08. The second-order valence-electron chi connectivity index (χ2n) is 7.27. The molecule has 1 amide bonds. The van der Waals surface area contributed by atoms with E-state index >= 15 is 0 Å². The van der Waals surface area contributed by atoms with E-state index in [1.54, 1.807) is 18.2 Å². The van der Waals surface area contributed by atoms with Crippen LogP contribution in [-0.4, -0.2) is 45.5 Å². The molecule has 0 saturated heterocycles. The molecule has 3 aromatic rings. The van der Waals surface area contributed by atoms with Crippen LogP contribution < -0.4 is 5.73 Å². The van der Waals surface area contributed by atoms with Crippen molar-refractivity contribution < 1.29 is 30.9 Å². The SMILES string of the molecule is C=Ic1cc(-c2ncon2)ccc1CN([C@H](CCC(F)(F)F)C(N)=O)S(=O)(=O)c1ccc(Cl)cc1. The molecule has 3 rings (SSSR count). The number of nitrogens with two attached hydrogens (primary N) is 1. The van der Waals surface area contributed by atoms with Gasteiger partial charge in [0.25, 0.3) is 0 Å². The number of halogens is 5. The van der Waals surface area contributed by atoms with Gasteiger partial charge in [-0.15, -0.1) is 0 Å². The molecule has 0 spiro atoms. The third kappa shape index (κ3) is 6.86. The summed E-state index contributed by atoms with van der Waals surface area (Å²) >= 11 is 4.98. The molecule has 8 nitrogen and oxygen atoms in total. The molecular formula is C21H19ClF3IN4O4S. The Kier molecular flexibility index (Phi) is 8.67. The molecule has 0 unspecified atom stereocenters. The molecule has 1 aromatic heterocycles. The van der Waals surface area contributed by atoms with Gasteiger partial charge >= 0.3 is 6.18 Å². The number of alkyl halides is 3. The van der Waals surface area contributed by atoms with Crippen molar-refractivity contribution in [2.75, 3.05) is 0 Å². The van der Waals surface area contributed by atoms with Crippen LogP contribution in [0.1, 0.15) is 18.4 Å². The number of hydrogen-bond donors (Lipinski definition) is 1. The largest absolute Gasteiger partial charge is 0.389 e. The number of benzene rings is 2. The van der Waals surface area contributed by atoms with E-state index in [2.05, 4.69) is 14.7 Å². The topological polar surface area (TPSA) is 119 Å². The maximum Gasteiger partial charge on any atom is 0.389 e. The Morgan fingerprint density at radius 3 is 2.46 bits per heavy atom. The predicted molar refractivity (Wildman–Crippen MR) is 132 cm³/mol. The highest BCUT2D eigenvalue weighted by Crippen LogP contribution is 2.31. The van der Waals surface area contributed by atoms with E-state index in [0.29, 0.717) is 24.8 Å². The normalized spacial score (nSPS) is 13.2. The van der Waals surface area contributed by atoms with E-state index in [1.165, 1.54) is 24.3 Å². The number of aromatic nitrogens is 2. The van der Waals surface area contributed by atoms with Crippen LogP contribution in [0.4, 0.5) is 13.2 Å². The van der Waals surface area contributed by atoms with E-state index in [4.69, 9.17) is 21.9 Å². The molecule has 188 valence electrons. The molecule has 35 heavy (non-hydrogen) atoms. The molecule has 1 heterocycles. The van der Waals surface area contributed by atoms with Gasteiger partial charge in [-0.2, -0.15) is 22.5 Å². The van der Waals surface area contributed by atoms with Crippen molar-refractivity contribution in [1.29, 1.82) is 0 Å². The van der Waals surface area contributed by atoms with Crippen molar-refractivity contribution in [3.8, 4) is 11.4 Å². The lowest BCUT2D eigenvalue weighted by molar-refractivity contribution is -0.140. The summed E-state index contributed by atoms with van der Waals surface area (Å²) in [5, 5.41) is 4.02. The van der Waals surface area contributed by atoms with Gasteiger partial charge in [0.15, 0.2) is 0 Å². The fourth-order valence-electron chi connectivity index (χ4n) is 3.24. The van der Waals surface area contributed by atoms with Crippen LogP contribution in [0.3, 0.4) is 0 Å². The zero-order valence-electron chi connectivity index (χ0n) is 17.9. The summed E-state index contributed by atoms with van der Waals surface area (Å²) in [6.45, 7) is -0.395. The zero-order chi connectivity index (χ0) is 25.8. The van der Waals surface area contributed by atoms with E-state index in [9.17, 15) is 26.4 Å². The van der Waals surface area contributed by atoms with Crippen LogP contribution in [0.25, 0.3) is 11.4 Å².